The van der Waals surface area contributed by atoms with Gasteiger partial charge in [-0.3, -0.25) is 0 Å². The Morgan fingerprint density at radius 3 is 2.26 bits per heavy atom. The Labute approximate surface area is 205 Å². The van der Waals surface area contributed by atoms with Gasteiger partial charge in [0, 0.05) is 10.0 Å². The maximum atomic E-state index is 12.3. The Balaban J connectivity index is 1.54. The SMILES string of the molecule is Cc1ccc(COc2c(Br)cc(/C=C3/N=C(c4ccc(Br)cc4)OC3=O)cc2Br)cc1. The summed E-state index contributed by atoms with van der Waals surface area (Å²) in [7, 11) is 0. The standard InChI is InChI=1S/C24H16Br3NO3/c1-14-2-4-15(5-3-14)13-30-22-19(26)10-16(11-20(22)27)12-21-24(29)31-23(28-21)17-6-8-18(25)9-7-17/h2-12H,13H2,1H3/b21-12+. The fraction of sp³-hybridized carbons (Fsp3) is 0.0833. The van der Waals surface area contributed by atoms with Crippen LogP contribution in [0.3, 0.4) is 0 Å². The molecule has 31 heavy (non-hydrogen) atoms. The summed E-state index contributed by atoms with van der Waals surface area (Å²) < 4.78 is 13.8. The van der Waals surface area contributed by atoms with Crippen LogP contribution in [0.2, 0.25) is 0 Å². The van der Waals surface area contributed by atoms with Crippen molar-refractivity contribution in [2.75, 3.05) is 0 Å². The molecule has 1 aliphatic heterocycles. The van der Waals surface area contributed by atoms with Crippen molar-refractivity contribution < 1.29 is 14.3 Å². The van der Waals surface area contributed by atoms with Crippen molar-refractivity contribution in [2.24, 2.45) is 4.99 Å². The molecule has 0 aliphatic carbocycles. The zero-order valence-electron chi connectivity index (χ0n) is 16.4. The average Bonchev–Trinajstić information content (AvgIpc) is 3.09. The van der Waals surface area contributed by atoms with Gasteiger partial charge in [-0.05, 0) is 92.4 Å². The van der Waals surface area contributed by atoms with E-state index in [1.165, 1.54) is 5.56 Å². The molecule has 0 bridgehead atoms. The molecule has 4 rings (SSSR count). The third kappa shape index (κ3) is 5.34. The molecule has 0 saturated heterocycles. The van der Waals surface area contributed by atoms with Crippen LogP contribution < -0.4 is 4.74 Å². The minimum Gasteiger partial charge on any atom is -0.487 e. The number of carbonyl (C=O) groups excluding carboxylic acids is 1. The first kappa shape index (κ1) is 22.0. The first-order valence-corrected chi connectivity index (χ1v) is 11.7. The summed E-state index contributed by atoms with van der Waals surface area (Å²) >= 11 is 10.5. The van der Waals surface area contributed by atoms with Crippen LogP contribution in [0.5, 0.6) is 5.75 Å². The number of benzene rings is 3. The molecule has 156 valence electrons. The van der Waals surface area contributed by atoms with Crippen molar-refractivity contribution >= 4 is 65.7 Å². The van der Waals surface area contributed by atoms with Gasteiger partial charge in [0.15, 0.2) is 5.70 Å². The number of halogens is 3. The van der Waals surface area contributed by atoms with Gasteiger partial charge in [-0.1, -0.05) is 45.8 Å². The number of hydrogen-bond acceptors (Lipinski definition) is 4. The van der Waals surface area contributed by atoms with E-state index in [-0.39, 0.29) is 5.70 Å². The minimum absolute atomic E-state index is 0.241. The van der Waals surface area contributed by atoms with Gasteiger partial charge in [-0.25, -0.2) is 9.79 Å². The summed E-state index contributed by atoms with van der Waals surface area (Å²) in [6.45, 7) is 2.50. The average molecular weight is 606 g/mol. The molecule has 4 nitrogen and oxygen atoms in total. The summed E-state index contributed by atoms with van der Waals surface area (Å²) in [4.78, 5) is 16.6. The predicted molar refractivity (Wildman–Crippen MR) is 132 cm³/mol. The molecular formula is C24H16Br3NO3. The van der Waals surface area contributed by atoms with Gasteiger partial charge in [-0.15, -0.1) is 0 Å². The van der Waals surface area contributed by atoms with Crippen molar-refractivity contribution in [3.63, 3.8) is 0 Å². The van der Waals surface area contributed by atoms with E-state index in [1.54, 1.807) is 6.08 Å². The van der Waals surface area contributed by atoms with E-state index in [0.717, 1.165) is 30.1 Å². The number of ether oxygens (including phenoxy) is 2. The van der Waals surface area contributed by atoms with Crippen molar-refractivity contribution in [1.29, 1.82) is 0 Å². The topological polar surface area (TPSA) is 47.9 Å². The van der Waals surface area contributed by atoms with E-state index in [2.05, 4.69) is 71.8 Å². The van der Waals surface area contributed by atoms with E-state index in [0.29, 0.717) is 18.3 Å². The number of hydrogen-bond donors (Lipinski definition) is 0. The number of carbonyl (C=O) groups is 1. The first-order chi connectivity index (χ1) is 14.9. The molecule has 7 heteroatoms. The van der Waals surface area contributed by atoms with Crippen LogP contribution in [-0.4, -0.2) is 11.9 Å². The number of nitrogens with zero attached hydrogens (tertiary/aromatic N) is 1. The maximum absolute atomic E-state index is 12.3. The lowest BCUT2D eigenvalue weighted by atomic mass is 10.1. The van der Waals surface area contributed by atoms with Crippen LogP contribution in [0.1, 0.15) is 22.3 Å². The first-order valence-electron chi connectivity index (χ1n) is 9.35. The molecule has 1 heterocycles. The lowest BCUT2D eigenvalue weighted by Gasteiger charge is -2.11. The van der Waals surface area contributed by atoms with Gasteiger partial charge >= 0.3 is 5.97 Å². The Kier molecular flexibility index (Phi) is 6.74. The molecule has 1 aliphatic rings. The van der Waals surface area contributed by atoms with E-state index in [1.807, 2.05) is 48.5 Å². The van der Waals surface area contributed by atoms with Gasteiger partial charge in [0.1, 0.15) is 12.4 Å². The number of aliphatic imine (C=N–C) groups is 1. The van der Waals surface area contributed by atoms with Gasteiger partial charge in [-0.2, -0.15) is 0 Å². The van der Waals surface area contributed by atoms with Crippen LogP contribution in [0, 0.1) is 6.92 Å². The summed E-state index contributed by atoms with van der Waals surface area (Å²) in [6.07, 6.45) is 1.69. The highest BCUT2D eigenvalue weighted by Gasteiger charge is 2.24. The molecule has 0 amide bonds. The van der Waals surface area contributed by atoms with Crippen LogP contribution >= 0.6 is 47.8 Å². The summed E-state index contributed by atoms with van der Waals surface area (Å²) in [5, 5.41) is 0. The van der Waals surface area contributed by atoms with Crippen LogP contribution in [0.15, 0.2) is 84.8 Å². The molecule has 3 aromatic carbocycles. The van der Waals surface area contributed by atoms with Gasteiger partial charge < -0.3 is 9.47 Å². The molecule has 0 saturated carbocycles. The Morgan fingerprint density at radius 2 is 1.61 bits per heavy atom. The smallest absolute Gasteiger partial charge is 0.363 e. The van der Waals surface area contributed by atoms with E-state index < -0.39 is 5.97 Å². The molecule has 0 N–H and O–H groups in total. The second kappa shape index (κ2) is 9.51. The van der Waals surface area contributed by atoms with E-state index in [9.17, 15) is 4.79 Å². The molecule has 0 aromatic heterocycles. The quantitative estimate of drug-likeness (QED) is 0.228. The highest BCUT2D eigenvalue weighted by molar-refractivity contribution is 9.11. The molecule has 3 aromatic rings. The summed E-state index contributed by atoms with van der Waals surface area (Å²) in [5.74, 6) is 0.501. The zero-order valence-corrected chi connectivity index (χ0v) is 21.1. The third-order valence-electron chi connectivity index (χ3n) is 4.54. The fourth-order valence-electron chi connectivity index (χ4n) is 2.92. The Bertz CT molecular complexity index is 1180. The lowest BCUT2D eigenvalue weighted by molar-refractivity contribution is -0.129. The number of cyclic esters (lactones) is 1. The maximum Gasteiger partial charge on any atom is 0.363 e. The lowest BCUT2D eigenvalue weighted by Crippen LogP contribution is -2.05. The largest absolute Gasteiger partial charge is 0.487 e. The van der Waals surface area contributed by atoms with Gasteiger partial charge in [0.2, 0.25) is 5.90 Å². The highest BCUT2D eigenvalue weighted by atomic mass is 79.9. The van der Waals surface area contributed by atoms with Crippen LogP contribution in [0.4, 0.5) is 0 Å². The second-order valence-corrected chi connectivity index (χ2v) is 9.56. The second-order valence-electron chi connectivity index (χ2n) is 6.93. The molecule has 0 spiro atoms. The molecule has 0 radical (unpaired) electrons. The fourth-order valence-corrected chi connectivity index (χ4v) is 4.64. The molecule has 0 atom stereocenters. The van der Waals surface area contributed by atoms with Gasteiger partial charge in [0.25, 0.3) is 0 Å². The Hall–Kier alpha value is -2.22. The van der Waals surface area contributed by atoms with Crippen molar-refractivity contribution in [3.05, 3.63) is 102 Å². The monoisotopic (exact) mass is 603 g/mol. The normalized spacial score (nSPS) is 14.5. The number of esters is 1. The number of aryl methyl sites for hydroxylation is 1. The Morgan fingerprint density at radius 1 is 0.968 bits per heavy atom. The van der Waals surface area contributed by atoms with Crippen molar-refractivity contribution in [1.82, 2.24) is 0 Å². The van der Waals surface area contributed by atoms with Gasteiger partial charge in [0.05, 0.1) is 8.95 Å². The van der Waals surface area contributed by atoms with Crippen LogP contribution in [0.25, 0.3) is 6.08 Å². The minimum atomic E-state index is -0.482. The van der Waals surface area contributed by atoms with Crippen molar-refractivity contribution in [2.45, 2.75) is 13.5 Å². The molecular weight excluding hydrogens is 590 g/mol. The predicted octanol–water partition coefficient (Wildman–Crippen LogP) is 7.21. The third-order valence-corrected chi connectivity index (χ3v) is 6.25. The zero-order chi connectivity index (χ0) is 22.0. The summed E-state index contributed by atoms with van der Waals surface area (Å²) in [5.41, 5.74) is 4.06. The van der Waals surface area contributed by atoms with E-state index >= 15 is 0 Å². The number of rotatable bonds is 5. The van der Waals surface area contributed by atoms with Crippen LogP contribution in [-0.2, 0) is 16.1 Å². The molecule has 0 unspecified atom stereocenters. The van der Waals surface area contributed by atoms with E-state index in [4.69, 9.17) is 9.47 Å². The summed E-state index contributed by atoms with van der Waals surface area (Å²) in [6, 6.07) is 19.4. The highest BCUT2D eigenvalue weighted by Crippen LogP contribution is 2.36. The van der Waals surface area contributed by atoms with Crippen molar-refractivity contribution in [3.8, 4) is 5.75 Å². The molecule has 0 fully saturated rings.